The van der Waals surface area contributed by atoms with E-state index in [1.807, 2.05) is 0 Å². The topological polar surface area (TPSA) is 89.4 Å². The van der Waals surface area contributed by atoms with Gasteiger partial charge in [-0.05, 0) is 61.6 Å². The van der Waals surface area contributed by atoms with E-state index >= 15 is 0 Å². The molecule has 0 unspecified atom stereocenters. The quantitative estimate of drug-likeness (QED) is 0.442. The van der Waals surface area contributed by atoms with Crippen LogP contribution in [0, 0.1) is 12.7 Å². The number of aromatic nitrogens is 3. The zero-order valence-corrected chi connectivity index (χ0v) is 20.8. The van der Waals surface area contributed by atoms with E-state index in [0.717, 1.165) is 31.2 Å². The van der Waals surface area contributed by atoms with Crippen molar-refractivity contribution in [2.75, 3.05) is 13.6 Å². The molecule has 3 heterocycles. The molecule has 12 heteroatoms. The molecular weight excluding hydrogens is 518 g/mol. The zero-order valence-electron chi connectivity index (χ0n) is 23.8. The molecule has 2 atom stereocenters. The van der Waals surface area contributed by atoms with Gasteiger partial charge in [0.15, 0.2) is 0 Å². The number of amides is 2. The van der Waals surface area contributed by atoms with Gasteiger partial charge in [-0.25, -0.2) is 9.37 Å². The molecular formula is C27H27F4N5O3. The summed E-state index contributed by atoms with van der Waals surface area (Å²) in [6, 6.07) is 6.22. The number of carbonyl (C=O) groups is 2. The summed E-state index contributed by atoms with van der Waals surface area (Å²) >= 11 is 0. The fourth-order valence-electron chi connectivity index (χ4n) is 5.01. The number of nitrogens with one attached hydrogen (secondary N) is 1. The van der Waals surface area contributed by atoms with Gasteiger partial charge < -0.3 is 15.0 Å². The number of nitrogens with zero attached hydrogens (tertiary/aromatic N) is 4. The Balaban J connectivity index is 1.48. The highest BCUT2D eigenvalue weighted by Crippen LogP contribution is 2.42. The van der Waals surface area contributed by atoms with E-state index in [-0.39, 0.29) is 36.0 Å². The first-order chi connectivity index (χ1) is 19.7. The van der Waals surface area contributed by atoms with E-state index in [4.69, 9.17) is 8.85 Å². The van der Waals surface area contributed by atoms with Gasteiger partial charge in [-0.3, -0.25) is 14.3 Å². The molecule has 39 heavy (non-hydrogen) atoms. The van der Waals surface area contributed by atoms with Crippen LogP contribution in [0.2, 0.25) is 0 Å². The molecule has 1 saturated carbocycles. The maximum Gasteiger partial charge on any atom is 0.433 e. The predicted octanol–water partition coefficient (Wildman–Crippen LogP) is 4.40. The van der Waals surface area contributed by atoms with Gasteiger partial charge in [0.1, 0.15) is 29.5 Å². The normalized spacial score (nSPS) is 20.7. The average molecular weight is 549 g/mol. The first kappa shape index (κ1) is 23.0. The molecule has 0 spiro atoms. The van der Waals surface area contributed by atoms with Crippen LogP contribution in [0.5, 0.6) is 5.75 Å². The largest absolute Gasteiger partial charge is 0.496 e. The van der Waals surface area contributed by atoms with E-state index in [1.54, 1.807) is 13.0 Å². The van der Waals surface area contributed by atoms with Crippen molar-refractivity contribution in [2.24, 2.45) is 0 Å². The second-order valence-electron chi connectivity index (χ2n) is 9.72. The number of halogens is 4. The molecule has 1 aliphatic heterocycles. The molecule has 0 radical (unpaired) electrons. The van der Waals surface area contributed by atoms with Crippen molar-refractivity contribution in [1.29, 1.82) is 0 Å². The van der Waals surface area contributed by atoms with Crippen LogP contribution < -0.4 is 10.1 Å². The molecule has 2 aliphatic rings. The summed E-state index contributed by atoms with van der Waals surface area (Å²) in [5, 5.41) is 6.89. The smallest absolute Gasteiger partial charge is 0.433 e. The summed E-state index contributed by atoms with van der Waals surface area (Å²) in [5.41, 5.74) is 0.00852. The standard InChI is InChI=1S/C27H27F4N5O3/c1-15-18(4-3-5-22(15)39-2)25-19(33-26(38)20-9-8-17(28)13-32-20)10-11-35(25)24(37)14-36-23(27(29,30)31)12-21(34-36)16-6-7-16/h3-5,8-9,12-13,16,19,25H,6-7,10-11,14H2,1-2H3,(H,33,38)/t19-,25-/m1/s1/i2D3. The van der Waals surface area contributed by atoms with Crippen LogP contribution in [0.25, 0.3) is 0 Å². The Morgan fingerprint density at radius 1 is 1.21 bits per heavy atom. The van der Waals surface area contributed by atoms with E-state index in [2.05, 4.69) is 15.4 Å². The van der Waals surface area contributed by atoms with Crippen molar-refractivity contribution < 1.29 is 36.0 Å². The van der Waals surface area contributed by atoms with Crippen molar-refractivity contribution in [1.82, 2.24) is 25.0 Å². The summed E-state index contributed by atoms with van der Waals surface area (Å²) in [7, 11) is -2.76. The molecule has 5 rings (SSSR count). The Morgan fingerprint density at radius 3 is 2.67 bits per heavy atom. The Bertz CT molecular complexity index is 1490. The van der Waals surface area contributed by atoms with Crippen LogP contribution in [0.4, 0.5) is 17.6 Å². The van der Waals surface area contributed by atoms with Crippen LogP contribution >= 0.6 is 0 Å². The fourth-order valence-corrected chi connectivity index (χ4v) is 5.01. The highest BCUT2D eigenvalue weighted by molar-refractivity contribution is 5.92. The van der Waals surface area contributed by atoms with Crippen LogP contribution in [0.3, 0.4) is 0 Å². The van der Waals surface area contributed by atoms with Crippen molar-refractivity contribution >= 4 is 11.8 Å². The third kappa shape index (κ3) is 5.45. The molecule has 8 nitrogen and oxygen atoms in total. The molecule has 3 aromatic rings. The third-order valence-corrected chi connectivity index (χ3v) is 7.12. The van der Waals surface area contributed by atoms with E-state index in [0.29, 0.717) is 15.8 Å². The average Bonchev–Trinajstić information content (AvgIpc) is 3.53. The first-order valence-electron chi connectivity index (χ1n) is 13.9. The lowest BCUT2D eigenvalue weighted by molar-refractivity contribution is -0.146. The Kier molecular flexibility index (Phi) is 6.07. The number of pyridine rings is 1. The van der Waals surface area contributed by atoms with Crippen LogP contribution in [-0.2, 0) is 17.5 Å². The van der Waals surface area contributed by atoms with Gasteiger partial charge in [0.05, 0.1) is 35.1 Å². The van der Waals surface area contributed by atoms with Gasteiger partial charge in [-0.15, -0.1) is 0 Å². The number of hydrogen-bond donors (Lipinski definition) is 1. The van der Waals surface area contributed by atoms with Gasteiger partial charge in [0, 0.05) is 12.5 Å². The summed E-state index contributed by atoms with van der Waals surface area (Å²) < 4.78 is 83.0. The van der Waals surface area contributed by atoms with Crippen LogP contribution in [0.1, 0.15) is 68.3 Å². The van der Waals surface area contributed by atoms with Crippen molar-refractivity contribution in [3.8, 4) is 5.75 Å². The lowest BCUT2D eigenvalue weighted by Gasteiger charge is -2.31. The lowest BCUT2D eigenvalue weighted by Crippen LogP contribution is -2.42. The van der Waals surface area contributed by atoms with Crippen molar-refractivity contribution in [2.45, 2.75) is 56.9 Å². The van der Waals surface area contributed by atoms with Crippen LogP contribution in [0.15, 0.2) is 42.6 Å². The monoisotopic (exact) mass is 548 g/mol. The third-order valence-electron chi connectivity index (χ3n) is 7.12. The molecule has 1 N–H and O–H groups in total. The Hall–Kier alpha value is -3.96. The van der Waals surface area contributed by atoms with E-state index < -0.39 is 55.2 Å². The molecule has 2 amide bonds. The number of likely N-dealkylation sites (tertiary alicyclic amines) is 1. The maximum absolute atomic E-state index is 13.8. The van der Waals surface area contributed by atoms with Gasteiger partial charge in [0.2, 0.25) is 5.91 Å². The van der Waals surface area contributed by atoms with Crippen molar-refractivity contribution in [3.05, 3.63) is 76.6 Å². The minimum atomic E-state index is -4.72. The number of benzene rings is 1. The lowest BCUT2D eigenvalue weighted by atomic mass is 9.95. The van der Waals surface area contributed by atoms with Gasteiger partial charge in [-0.2, -0.15) is 18.3 Å². The number of ether oxygens (including phenoxy) is 1. The fraction of sp³-hybridized carbons (Fsp3) is 0.407. The number of alkyl halides is 3. The van der Waals surface area contributed by atoms with Gasteiger partial charge in [-0.1, -0.05) is 12.1 Å². The number of rotatable bonds is 7. The minimum Gasteiger partial charge on any atom is -0.496 e. The number of hydrogen-bond acceptors (Lipinski definition) is 5. The van der Waals surface area contributed by atoms with Crippen molar-refractivity contribution in [3.63, 3.8) is 0 Å². The highest BCUT2D eigenvalue weighted by Gasteiger charge is 2.42. The summed E-state index contributed by atoms with van der Waals surface area (Å²) in [6.45, 7) is 0.977. The number of methoxy groups -OCH3 is 1. The van der Waals surface area contributed by atoms with E-state index in [1.165, 1.54) is 23.1 Å². The molecule has 1 aliphatic carbocycles. The van der Waals surface area contributed by atoms with Gasteiger partial charge >= 0.3 is 6.18 Å². The molecule has 2 fully saturated rings. The summed E-state index contributed by atoms with van der Waals surface area (Å²) in [6.07, 6.45) is -2.15. The minimum absolute atomic E-state index is 0.0255. The zero-order chi connectivity index (χ0) is 30.4. The highest BCUT2D eigenvalue weighted by atomic mass is 19.4. The van der Waals surface area contributed by atoms with Crippen LogP contribution in [-0.4, -0.2) is 51.1 Å². The Labute approximate surface area is 226 Å². The molecule has 1 aromatic carbocycles. The maximum atomic E-state index is 13.8. The first-order valence-corrected chi connectivity index (χ1v) is 12.4. The molecule has 206 valence electrons. The second-order valence-corrected chi connectivity index (χ2v) is 9.72. The number of carbonyl (C=O) groups excluding carboxylic acids is 2. The molecule has 0 bridgehead atoms. The predicted molar refractivity (Wildman–Crippen MR) is 131 cm³/mol. The summed E-state index contributed by atoms with van der Waals surface area (Å²) in [5.74, 6) is -1.99. The Morgan fingerprint density at radius 2 is 2.00 bits per heavy atom. The SMILES string of the molecule is [2H]C([2H])([2H])Oc1cccc([C@@H]2[C@H](NC(=O)c3ccc(F)cn3)CCN2C(=O)Cn2nc(C3CC3)cc2C(F)(F)F)c1C. The molecule has 2 aromatic heterocycles. The summed E-state index contributed by atoms with van der Waals surface area (Å²) in [4.78, 5) is 31.8. The molecule has 1 saturated heterocycles. The second kappa shape index (κ2) is 10.3. The van der Waals surface area contributed by atoms with Gasteiger partial charge in [0.25, 0.3) is 5.91 Å². The van der Waals surface area contributed by atoms with E-state index in [9.17, 15) is 27.2 Å².